The number of fused-ring (bicyclic) bond motifs is 2. The smallest absolute Gasteiger partial charge is 0.197 e. The lowest BCUT2D eigenvalue weighted by molar-refractivity contribution is 0.223. The molecule has 0 saturated heterocycles. The molecule has 174 valence electrons. The molecule has 0 aliphatic heterocycles. The van der Waals surface area contributed by atoms with E-state index in [1.807, 2.05) is 43.4 Å². The molecule has 0 atom stereocenters. The molecule has 32 heavy (non-hydrogen) atoms. The number of ether oxygens (including phenoxy) is 2. The number of aryl methyl sites for hydroxylation is 1. The van der Waals surface area contributed by atoms with E-state index in [0.29, 0.717) is 24.0 Å². The Hall–Kier alpha value is -2.57. The van der Waals surface area contributed by atoms with Crippen LogP contribution in [0, 0.1) is 0 Å². The Morgan fingerprint density at radius 1 is 0.719 bits per heavy atom. The lowest BCUT2D eigenvalue weighted by Gasteiger charge is -2.19. The predicted molar refractivity (Wildman–Crippen MR) is 133 cm³/mol. The van der Waals surface area contributed by atoms with Gasteiger partial charge in [0.2, 0.25) is 0 Å². The Morgan fingerprint density at radius 3 is 1.50 bits per heavy atom. The number of nitrogens with zero attached hydrogens (tertiary/aromatic N) is 3. The van der Waals surface area contributed by atoms with E-state index in [4.69, 9.17) is 9.47 Å². The van der Waals surface area contributed by atoms with Crippen molar-refractivity contribution in [2.24, 2.45) is 7.05 Å². The van der Waals surface area contributed by atoms with Crippen LogP contribution >= 0.6 is 0 Å². The van der Waals surface area contributed by atoms with Crippen LogP contribution in [-0.4, -0.2) is 66.8 Å². The molecule has 0 saturated carbocycles. The number of likely N-dealkylation sites (N-methyl/N-ethyl adjacent to an activating group) is 2. The molecule has 2 aromatic carbocycles. The maximum absolute atomic E-state index is 13.4. The van der Waals surface area contributed by atoms with Crippen molar-refractivity contribution in [1.29, 1.82) is 0 Å². The van der Waals surface area contributed by atoms with Crippen molar-refractivity contribution in [2.75, 3.05) is 52.5 Å². The highest BCUT2D eigenvalue weighted by atomic mass is 16.5. The third-order valence-electron chi connectivity index (χ3n) is 6.29. The molecular formula is C26H37N3O3. The maximum atomic E-state index is 13.4. The fourth-order valence-electron chi connectivity index (χ4n) is 4.10. The van der Waals surface area contributed by atoms with E-state index in [-0.39, 0.29) is 5.43 Å². The molecular weight excluding hydrogens is 402 g/mol. The summed E-state index contributed by atoms with van der Waals surface area (Å²) >= 11 is 0. The van der Waals surface area contributed by atoms with Gasteiger partial charge in [-0.05, 0) is 62.6 Å². The Balaban J connectivity index is 1.85. The third kappa shape index (κ3) is 5.43. The second-order valence-corrected chi connectivity index (χ2v) is 8.00. The van der Waals surface area contributed by atoms with Crippen molar-refractivity contribution in [3.05, 3.63) is 46.6 Å². The van der Waals surface area contributed by atoms with E-state index in [2.05, 4.69) is 42.1 Å². The van der Waals surface area contributed by atoms with Crippen molar-refractivity contribution in [3.63, 3.8) is 0 Å². The summed E-state index contributed by atoms with van der Waals surface area (Å²) in [5, 5.41) is 1.33. The Kier molecular flexibility index (Phi) is 8.53. The summed E-state index contributed by atoms with van der Waals surface area (Å²) in [6, 6.07) is 11.6. The van der Waals surface area contributed by atoms with Gasteiger partial charge < -0.3 is 23.8 Å². The summed E-state index contributed by atoms with van der Waals surface area (Å²) < 4.78 is 14.0. The zero-order valence-electron chi connectivity index (χ0n) is 20.2. The average Bonchev–Trinajstić information content (AvgIpc) is 2.83. The minimum absolute atomic E-state index is 0.0106. The Morgan fingerprint density at radius 2 is 1.12 bits per heavy atom. The van der Waals surface area contributed by atoms with Crippen LogP contribution in [0.4, 0.5) is 0 Å². The normalized spacial score (nSPS) is 11.7. The molecule has 1 aromatic heterocycles. The number of aromatic nitrogens is 1. The maximum Gasteiger partial charge on any atom is 0.197 e. The van der Waals surface area contributed by atoms with Gasteiger partial charge in [-0.15, -0.1) is 0 Å². The van der Waals surface area contributed by atoms with Crippen molar-refractivity contribution in [2.45, 2.75) is 27.7 Å². The number of hydrogen-bond acceptors (Lipinski definition) is 5. The summed E-state index contributed by atoms with van der Waals surface area (Å²) in [7, 11) is 1.99. The van der Waals surface area contributed by atoms with Gasteiger partial charge in [0.05, 0.1) is 11.0 Å². The lowest BCUT2D eigenvalue weighted by atomic mass is 10.1. The van der Waals surface area contributed by atoms with Crippen molar-refractivity contribution in [1.82, 2.24) is 14.4 Å². The van der Waals surface area contributed by atoms with Crippen LogP contribution in [-0.2, 0) is 7.05 Å². The molecule has 3 rings (SSSR count). The lowest BCUT2D eigenvalue weighted by Crippen LogP contribution is -2.28. The third-order valence-corrected chi connectivity index (χ3v) is 6.29. The summed E-state index contributed by atoms with van der Waals surface area (Å²) in [6.07, 6.45) is 0. The quantitative estimate of drug-likeness (QED) is 0.397. The van der Waals surface area contributed by atoms with Crippen LogP contribution in [0.2, 0.25) is 0 Å². The first-order valence-electron chi connectivity index (χ1n) is 11.8. The summed E-state index contributed by atoms with van der Waals surface area (Å²) in [5.74, 6) is 1.46. The second kappa shape index (κ2) is 11.3. The Bertz CT molecular complexity index is 1000. The van der Waals surface area contributed by atoms with Gasteiger partial charge in [-0.1, -0.05) is 27.7 Å². The van der Waals surface area contributed by atoms with Crippen LogP contribution in [0.3, 0.4) is 0 Å². The zero-order valence-corrected chi connectivity index (χ0v) is 20.2. The van der Waals surface area contributed by atoms with Crippen LogP contribution in [0.1, 0.15) is 27.7 Å². The SMILES string of the molecule is CCN(CC)CCOc1ccc2c(c1)c(=O)c1cc(OCCN(CC)CC)ccc1n2C. The van der Waals surface area contributed by atoms with Crippen molar-refractivity contribution >= 4 is 21.8 Å². The molecule has 0 unspecified atom stereocenters. The first kappa shape index (κ1) is 24.1. The van der Waals surface area contributed by atoms with E-state index in [1.165, 1.54) is 0 Å². The monoisotopic (exact) mass is 439 g/mol. The van der Waals surface area contributed by atoms with Gasteiger partial charge in [0.25, 0.3) is 0 Å². The fourth-order valence-corrected chi connectivity index (χ4v) is 4.10. The Labute approximate surface area is 191 Å². The average molecular weight is 440 g/mol. The molecule has 0 N–H and O–H groups in total. The van der Waals surface area contributed by atoms with Crippen LogP contribution < -0.4 is 14.9 Å². The van der Waals surface area contributed by atoms with E-state index in [0.717, 1.165) is 61.8 Å². The minimum Gasteiger partial charge on any atom is -0.492 e. The molecule has 0 fully saturated rings. The number of pyridine rings is 1. The van der Waals surface area contributed by atoms with Crippen LogP contribution in [0.15, 0.2) is 41.2 Å². The largest absolute Gasteiger partial charge is 0.492 e. The summed E-state index contributed by atoms with van der Waals surface area (Å²) in [6.45, 7) is 15.6. The van der Waals surface area contributed by atoms with E-state index in [1.54, 1.807) is 0 Å². The highest BCUT2D eigenvalue weighted by Gasteiger charge is 2.12. The van der Waals surface area contributed by atoms with Gasteiger partial charge in [0.15, 0.2) is 5.43 Å². The molecule has 0 aliphatic carbocycles. The van der Waals surface area contributed by atoms with Crippen molar-refractivity contribution < 1.29 is 9.47 Å². The van der Waals surface area contributed by atoms with Crippen LogP contribution in [0.5, 0.6) is 11.5 Å². The van der Waals surface area contributed by atoms with Crippen molar-refractivity contribution in [3.8, 4) is 11.5 Å². The fraction of sp³-hybridized carbons (Fsp3) is 0.500. The highest BCUT2D eigenvalue weighted by Crippen LogP contribution is 2.25. The molecule has 3 aromatic rings. The summed E-state index contributed by atoms with van der Waals surface area (Å²) in [4.78, 5) is 18.0. The topological polar surface area (TPSA) is 46.9 Å². The second-order valence-electron chi connectivity index (χ2n) is 8.00. The first-order chi connectivity index (χ1) is 15.5. The number of benzene rings is 2. The molecule has 0 aliphatic rings. The van der Waals surface area contributed by atoms with Gasteiger partial charge in [0, 0.05) is 30.9 Å². The van der Waals surface area contributed by atoms with E-state index >= 15 is 0 Å². The van der Waals surface area contributed by atoms with E-state index in [9.17, 15) is 4.79 Å². The molecule has 0 spiro atoms. The number of hydrogen-bond donors (Lipinski definition) is 0. The zero-order chi connectivity index (χ0) is 23.1. The van der Waals surface area contributed by atoms with Gasteiger partial charge in [-0.3, -0.25) is 4.79 Å². The standard InChI is InChI=1S/C26H37N3O3/c1-6-28(7-2)14-16-31-20-10-12-24-22(18-20)26(30)23-19-21(11-13-25(23)27(24)5)32-17-15-29(8-3)9-4/h10-13,18-19H,6-9,14-17H2,1-5H3. The van der Waals surface area contributed by atoms with Crippen LogP contribution in [0.25, 0.3) is 21.8 Å². The molecule has 0 radical (unpaired) electrons. The predicted octanol–water partition coefficient (Wildman–Crippen LogP) is 4.13. The van der Waals surface area contributed by atoms with Gasteiger partial charge in [-0.25, -0.2) is 0 Å². The van der Waals surface area contributed by atoms with E-state index < -0.39 is 0 Å². The molecule has 1 heterocycles. The van der Waals surface area contributed by atoms with Gasteiger partial charge in [-0.2, -0.15) is 0 Å². The molecule has 0 amide bonds. The number of rotatable bonds is 12. The molecule has 6 nitrogen and oxygen atoms in total. The first-order valence-corrected chi connectivity index (χ1v) is 11.8. The van der Waals surface area contributed by atoms with Gasteiger partial charge >= 0.3 is 0 Å². The van der Waals surface area contributed by atoms with Gasteiger partial charge in [0.1, 0.15) is 24.7 Å². The molecule has 0 bridgehead atoms. The molecule has 6 heteroatoms. The summed E-state index contributed by atoms with van der Waals surface area (Å²) in [5.41, 5.74) is 1.80. The highest BCUT2D eigenvalue weighted by molar-refractivity contribution is 5.94. The minimum atomic E-state index is 0.0106.